The van der Waals surface area contributed by atoms with E-state index in [0.29, 0.717) is 17.0 Å². The molecule has 1 aromatic carbocycles. The molecule has 2 N–H and O–H groups in total. The van der Waals surface area contributed by atoms with Crippen molar-refractivity contribution in [1.29, 1.82) is 0 Å². The van der Waals surface area contributed by atoms with Crippen LogP contribution in [0.5, 0.6) is 0 Å². The van der Waals surface area contributed by atoms with Crippen LogP contribution in [0.3, 0.4) is 0 Å². The first-order chi connectivity index (χ1) is 10.1. The van der Waals surface area contributed by atoms with Crippen LogP contribution in [-0.2, 0) is 6.42 Å². The van der Waals surface area contributed by atoms with Crippen molar-refractivity contribution in [2.75, 3.05) is 0 Å². The molecule has 0 bridgehead atoms. The normalized spacial score (nSPS) is 20.6. The number of hydrogen-bond acceptors (Lipinski definition) is 5. The zero-order valence-electron chi connectivity index (χ0n) is 11.9. The van der Waals surface area contributed by atoms with Gasteiger partial charge < -0.3 is 10.4 Å². The smallest absolute Gasteiger partial charge is 0.265 e. The zero-order valence-corrected chi connectivity index (χ0v) is 12.7. The summed E-state index contributed by atoms with van der Waals surface area (Å²) in [6, 6.07) is 7.43. The Bertz CT molecular complexity index is 668. The summed E-state index contributed by atoms with van der Waals surface area (Å²) in [6.07, 6.45) is -0.0197. The predicted octanol–water partition coefficient (Wildman–Crippen LogP) is 2.05. The number of aliphatic hydroxyl groups excluding tert-OH is 1. The van der Waals surface area contributed by atoms with Gasteiger partial charge in [-0.1, -0.05) is 42.6 Å². The minimum Gasteiger partial charge on any atom is -0.390 e. The first-order valence-electron chi connectivity index (χ1n) is 6.97. The van der Waals surface area contributed by atoms with Crippen molar-refractivity contribution in [2.24, 2.45) is 0 Å². The second-order valence-corrected chi connectivity index (χ2v) is 6.32. The highest BCUT2D eigenvalue weighted by atomic mass is 32.1. The standard InChI is InChI=1S/C15H17N3O2S/c1-8(2)12-14(21-18-17-12)15(20)16-13-10-6-4-3-5-9(10)7-11(13)19/h3-6,8,11,13,19H,7H2,1-2H3,(H,16,20)/t11-,13+/m1/s1. The zero-order chi connectivity index (χ0) is 15.0. The maximum absolute atomic E-state index is 12.5. The SMILES string of the molecule is CC(C)c1nnsc1C(=O)N[C@H]1c2ccccc2C[C@H]1O. The maximum atomic E-state index is 12.5. The fourth-order valence-corrected chi connectivity index (χ4v) is 3.41. The van der Waals surface area contributed by atoms with Gasteiger partial charge in [-0.05, 0) is 28.6 Å². The van der Waals surface area contributed by atoms with Gasteiger partial charge in [0, 0.05) is 6.42 Å². The van der Waals surface area contributed by atoms with E-state index in [4.69, 9.17) is 0 Å². The lowest BCUT2D eigenvalue weighted by Gasteiger charge is -2.17. The van der Waals surface area contributed by atoms with E-state index in [-0.39, 0.29) is 17.9 Å². The van der Waals surface area contributed by atoms with Crippen molar-refractivity contribution in [3.63, 3.8) is 0 Å². The molecule has 5 nitrogen and oxygen atoms in total. The van der Waals surface area contributed by atoms with E-state index in [1.165, 1.54) is 0 Å². The number of carbonyl (C=O) groups is 1. The van der Waals surface area contributed by atoms with Gasteiger partial charge in [-0.2, -0.15) is 0 Å². The predicted molar refractivity (Wildman–Crippen MR) is 80.4 cm³/mol. The molecule has 0 saturated carbocycles. The van der Waals surface area contributed by atoms with Crippen LogP contribution in [0, 0.1) is 0 Å². The molecule has 21 heavy (non-hydrogen) atoms. The number of rotatable bonds is 3. The van der Waals surface area contributed by atoms with Crippen LogP contribution >= 0.6 is 11.5 Å². The van der Waals surface area contributed by atoms with Crippen LogP contribution in [0.2, 0.25) is 0 Å². The van der Waals surface area contributed by atoms with Crippen LogP contribution < -0.4 is 5.32 Å². The molecule has 1 heterocycles. The number of fused-ring (bicyclic) bond motifs is 1. The molecule has 0 saturated heterocycles. The molecule has 3 rings (SSSR count). The third-order valence-electron chi connectivity index (χ3n) is 3.76. The van der Waals surface area contributed by atoms with Crippen molar-refractivity contribution in [2.45, 2.75) is 38.3 Å². The average molecular weight is 303 g/mol. The number of benzene rings is 1. The molecule has 1 amide bonds. The first kappa shape index (κ1) is 14.2. The van der Waals surface area contributed by atoms with Crippen molar-refractivity contribution in [3.8, 4) is 0 Å². The molecule has 6 heteroatoms. The second kappa shape index (κ2) is 5.54. The van der Waals surface area contributed by atoms with E-state index in [2.05, 4.69) is 14.9 Å². The lowest BCUT2D eigenvalue weighted by atomic mass is 10.1. The van der Waals surface area contributed by atoms with Crippen molar-refractivity contribution >= 4 is 17.4 Å². The molecule has 0 fully saturated rings. The minimum atomic E-state index is -0.588. The van der Waals surface area contributed by atoms with Gasteiger partial charge in [0.25, 0.3) is 5.91 Å². The third-order valence-corrected chi connectivity index (χ3v) is 4.50. The van der Waals surface area contributed by atoms with E-state index in [1.807, 2.05) is 38.1 Å². The van der Waals surface area contributed by atoms with E-state index >= 15 is 0 Å². The summed E-state index contributed by atoms with van der Waals surface area (Å²) in [7, 11) is 0. The molecule has 2 atom stereocenters. The van der Waals surface area contributed by atoms with Gasteiger partial charge in [0.2, 0.25) is 0 Å². The largest absolute Gasteiger partial charge is 0.390 e. The molecule has 1 aliphatic carbocycles. The van der Waals surface area contributed by atoms with Gasteiger partial charge in [0.05, 0.1) is 17.8 Å². The van der Waals surface area contributed by atoms with E-state index in [0.717, 1.165) is 22.7 Å². The van der Waals surface area contributed by atoms with Crippen molar-refractivity contribution < 1.29 is 9.90 Å². The van der Waals surface area contributed by atoms with Gasteiger partial charge in [-0.25, -0.2) is 0 Å². The summed E-state index contributed by atoms with van der Waals surface area (Å²) in [6.45, 7) is 3.96. The van der Waals surface area contributed by atoms with E-state index in [9.17, 15) is 9.90 Å². The fraction of sp³-hybridized carbons (Fsp3) is 0.400. The summed E-state index contributed by atoms with van der Waals surface area (Å²) in [5.74, 6) is -0.0697. The van der Waals surface area contributed by atoms with Gasteiger partial charge in [-0.15, -0.1) is 5.10 Å². The van der Waals surface area contributed by atoms with Gasteiger partial charge in [-0.3, -0.25) is 4.79 Å². The number of amides is 1. The highest BCUT2D eigenvalue weighted by molar-refractivity contribution is 7.08. The Labute approximate surface area is 127 Å². The number of aliphatic hydroxyl groups is 1. The molecule has 110 valence electrons. The van der Waals surface area contributed by atoms with Crippen LogP contribution in [0.15, 0.2) is 24.3 Å². The fourth-order valence-electron chi connectivity index (χ4n) is 2.69. The van der Waals surface area contributed by atoms with Gasteiger partial charge >= 0.3 is 0 Å². The topological polar surface area (TPSA) is 75.1 Å². The summed E-state index contributed by atoms with van der Waals surface area (Å²) in [5, 5.41) is 17.1. The Morgan fingerprint density at radius 3 is 2.95 bits per heavy atom. The molecule has 1 aliphatic rings. The first-order valence-corrected chi connectivity index (χ1v) is 7.74. The average Bonchev–Trinajstić information content (AvgIpc) is 3.04. The van der Waals surface area contributed by atoms with Gasteiger partial charge in [0.1, 0.15) is 4.88 Å². The number of carbonyl (C=O) groups excluding carboxylic acids is 1. The van der Waals surface area contributed by atoms with E-state index < -0.39 is 6.10 Å². The molecular formula is C15H17N3O2S. The van der Waals surface area contributed by atoms with Crippen LogP contribution in [0.4, 0.5) is 0 Å². The lowest BCUT2D eigenvalue weighted by Crippen LogP contribution is -2.34. The Kier molecular flexibility index (Phi) is 3.73. The number of nitrogens with zero attached hydrogens (tertiary/aromatic N) is 2. The summed E-state index contributed by atoms with van der Waals surface area (Å²) in [4.78, 5) is 13.0. The Hall–Kier alpha value is -1.79. The molecule has 2 aromatic rings. The Balaban J connectivity index is 1.84. The summed E-state index contributed by atoms with van der Waals surface area (Å²) < 4.78 is 3.87. The Morgan fingerprint density at radius 1 is 1.43 bits per heavy atom. The van der Waals surface area contributed by atoms with Crippen molar-refractivity contribution in [1.82, 2.24) is 14.9 Å². The highest BCUT2D eigenvalue weighted by Gasteiger charge is 2.33. The minimum absolute atomic E-state index is 0.144. The number of aromatic nitrogens is 2. The Morgan fingerprint density at radius 2 is 2.19 bits per heavy atom. The maximum Gasteiger partial charge on any atom is 0.265 e. The molecule has 0 aliphatic heterocycles. The van der Waals surface area contributed by atoms with Crippen LogP contribution in [-0.4, -0.2) is 26.7 Å². The third kappa shape index (κ3) is 2.56. The quantitative estimate of drug-likeness (QED) is 0.910. The van der Waals surface area contributed by atoms with Crippen LogP contribution in [0.25, 0.3) is 0 Å². The molecule has 1 aromatic heterocycles. The molecule has 0 radical (unpaired) electrons. The molecule has 0 spiro atoms. The second-order valence-electron chi connectivity index (χ2n) is 5.56. The summed E-state index contributed by atoms with van der Waals surface area (Å²) in [5.41, 5.74) is 2.78. The number of hydrogen-bond donors (Lipinski definition) is 2. The molecular weight excluding hydrogens is 286 g/mol. The monoisotopic (exact) mass is 303 g/mol. The lowest BCUT2D eigenvalue weighted by molar-refractivity contribution is 0.0860. The van der Waals surface area contributed by atoms with Gasteiger partial charge in [0.15, 0.2) is 0 Å². The van der Waals surface area contributed by atoms with Crippen molar-refractivity contribution in [3.05, 3.63) is 46.0 Å². The molecule has 0 unspecified atom stereocenters. The number of nitrogens with one attached hydrogen (secondary N) is 1. The highest BCUT2D eigenvalue weighted by Crippen LogP contribution is 2.32. The van der Waals surface area contributed by atoms with E-state index in [1.54, 1.807) is 0 Å². The van der Waals surface area contributed by atoms with Crippen LogP contribution in [0.1, 0.15) is 52.3 Å². The summed E-state index contributed by atoms with van der Waals surface area (Å²) >= 11 is 1.10.